The van der Waals surface area contributed by atoms with Crippen molar-refractivity contribution in [3.63, 3.8) is 0 Å². The van der Waals surface area contributed by atoms with Crippen molar-refractivity contribution in [2.24, 2.45) is 0 Å². The largest absolute Gasteiger partial charge is 0.343 e. The highest BCUT2D eigenvalue weighted by Gasteiger charge is 2.06. The number of aromatic nitrogens is 3. The Morgan fingerprint density at radius 1 is 1.50 bits per heavy atom. The summed E-state index contributed by atoms with van der Waals surface area (Å²) in [7, 11) is 0. The van der Waals surface area contributed by atoms with Gasteiger partial charge in [0.15, 0.2) is 5.16 Å². The fourth-order valence-corrected chi connectivity index (χ4v) is 2.34. The molecule has 0 spiro atoms. The van der Waals surface area contributed by atoms with E-state index in [0.717, 1.165) is 23.8 Å². The van der Waals surface area contributed by atoms with Gasteiger partial charge in [0, 0.05) is 18.7 Å². The van der Waals surface area contributed by atoms with Crippen LogP contribution in [0.3, 0.4) is 0 Å². The van der Waals surface area contributed by atoms with Crippen LogP contribution in [0.5, 0.6) is 0 Å². The van der Waals surface area contributed by atoms with Crippen molar-refractivity contribution in [1.82, 2.24) is 14.8 Å². The molecule has 0 aromatic carbocycles. The van der Waals surface area contributed by atoms with E-state index in [1.54, 1.807) is 23.3 Å². The van der Waals surface area contributed by atoms with Gasteiger partial charge in [-0.15, -0.1) is 5.10 Å². The fraction of sp³-hybridized carbons (Fsp3) is 0.700. The summed E-state index contributed by atoms with van der Waals surface area (Å²) in [5, 5.41) is 7.10. The van der Waals surface area contributed by atoms with Gasteiger partial charge in [0.2, 0.25) is 0 Å². The highest BCUT2D eigenvalue weighted by Crippen LogP contribution is 2.15. The van der Waals surface area contributed by atoms with E-state index < -0.39 is 0 Å². The molecule has 5 nitrogen and oxygen atoms in total. The van der Waals surface area contributed by atoms with E-state index in [4.69, 9.17) is 0 Å². The topological polar surface area (TPSA) is 67.8 Å². The number of unbranched alkanes of at least 4 members (excludes halogenated alkanes) is 1. The number of carbonyl (C=O) groups excluding carboxylic acids is 1. The average Bonchev–Trinajstić information content (AvgIpc) is 2.58. The molecule has 0 saturated heterocycles. The molecule has 0 fully saturated rings. The first-order valence-electron chi connectivity index (χ1n) is 5.42. The summed E-state index contributed by atoms with van der Waals surface area (Å²) in [5.41, 5.74) is -0.159. The molecule has 6 heteroatoms. The van der Waals surface area contributed by atoms with Crippen LogP contribution in [0, 0.1) is 0 Å². The minimum Gasteiger partial charge on any atom is -0.300 e. The lowest BCUT2D eigenvalue weighted by molar-refractivity contribution is -0.117. The van der Waals surface area contributed by atoms with Gasteiger partial charge < -0.3 is 4.79 Å². The van der Waals surface area contributed by atoms with Crippen molar-refractivity contribution in [3.05, 3.63) is 10.5 Å². The van der Waals surface area contributed by atoms with Gasteiger partial charge >= 0.3 is 5.69 Å². The molecule has 1 N–H and O–H groups in total. The van der Waals surface area contributed by atoms with Crippen LogP contribution in [0.2, 0.25) is 0 Å². The van der Waals surface area contributed by atoms with Crippen molar-refractivity contribution in [2.45, 2.75) is 44.8 Å². The molecule has 0 atom stereocenters. The molecular weight excluding hydrogens is 226 g/mol. The van der Waals surface area contributed by atoms with E-state index in [9.17, 15) is 9.59 Å². The first-order chi connectivity index (χ1) is 7.65. The van der Waals surface area contributed by atoms with Gasteiger partial charge in [-0.2, -0.15) is 0 Å². The molecule has 0 unspecified atom stereocenters. The predicted octanol–water partition coefficient (Wildman–Crippen LogP) is 1.44. The maximum absolute atomic E-state index is 11.2. The summed E-state index contributed by atoms with van der Waals surface area (Å²) in [5.74, 6) is 1.12. The third-order valence-corrected chi connectivity index (χ3v) is 3.26. The molecule has 1 aromatic rings. The quantitative estimate of drug-likeness (QED) is 0.581. The Labute approximate surface area is 98.6 Å². The van der Waals surface area contributed by atoms with Crippen LogP contribution in [0.1, 0.15) is 33.1 Å². The molecule has 0 aliphatic rings. The van der Waals surface area contributed by atoms with Crippen molar-refractivity contribution < 1.29 is 4.79 Å². The lowest BCUT2D eigenvalue weighted by Crippen LogP contribution is -2.16. The van der Waals surface area contributed by atoms with E-state index in [1.165, 1.54) is 0 Å². The molecular formula is C10H17N3O2S. The number of hydrogen-bond acceptors (Lipinski definition) is 4. The number of hydrogen-bond donors (Lipinski definition) is 1. The summed E-state index contributed by atoms with van der Waals surface area (Å²) in [6.45, 7) is 4.15. The van der Waals surface area contributed by atoms with Crippen LogP contribution in [0.15, 0.2) is 9.95 Å². The van der Waals surface area contributed by atoms with Gasteiger partial charge in [-0.05, 0) is 26.7 Å². The number of nitrogens with one attached hydrogen (secondary N) is 1. The van der Waals surface area contributed by atoms with Gasteiger partial charge in [0.25, 0.3) is 0 Å². The second kappa shape index (κ2) is 6.52. The van der Waals surface area contributed by atoms with Crippen LogP contribution in [-0.2, 0) is 11.3 Å². The first kappa shape index (κ1) is 13.0. The summed E-state index contributed by atoms with van der Waals surface area (Å²) in [6.07, 6.45) is 2.51. The fourth-order valence-electron chi connectivity index (χ4n) is 1.33. The van der Waals surface area contributed by atoms with Gasteiger partial charge in [-0.3, -0.25) is 4.57 Å². The number of aromatic amines is 1. The Morgan fingerprint density at radius 3 is 2.88 bits per heavy atom. The van der Waals surface area contributed by atoms with Gasteiger partial charge in [0.1, 0.15) is 5.78 Å². The number of ketones is 1. The minimum absolute atomic E-state index is 0.159. The zero-order valence-electron chi connectivity index (χ0n) is 9.65. The predicted molar refractivity (Wildman–Crippen MR) is 63.8 cm³/mol. The maximum Gasteiger partial charge on any atom is 0.343 e. The Kier molecular flexibility index (Phi) is 5.31. The summed E-state index contributed by atoms with van der Waals surface area (Å²) < 4.78 is 1.61. The Hall–Kier alpha value is -1.04. The van der Waals surface area contributed by atoms with Gasteiger partial charge in [-0.1, -0.05) is 11.8 Å². The first-order valence-corrected chi connectivity index (χ1v) is 6.41. The number of carbonyl (C=O) groups is 1. The van der Waals surface area contributed by atoms with Crippen LogP contribution < -0.4 is 5.69 Å². The Morgan fingerprint density at radius 2 is 2.25 bits per heavy atom. The van der Waals surface area contributed by atoms with Crippen LogP contribution in [0.25, 0.3) is 0 Å². The standard InChI is InChI=1S/C10H17N3O2S/c1-3-13-9(15)11-12-10(13)16-7-5-4-6-8(2)14/h3-7H2,1-2H3,(H,11,15). The third kappa shape index (κ3) is 3.84. The lowest BCUT2D eigenvalue weighted by Gasteiger charge is -2.01. The van der Waals surface area contributed by atoms with E-state index in [0.29, 0.717) is 13.0 Å². The van der Waals surface area contributed by atoms with Crippen LogP contribution in [0.4, 0.5) is 0 Å². The minimum atomic E-state index is -0.159. The van der Waals surface area contributed by atoms with Gasteiger partial charge in [0.05, 0.1) is 0 Å². The summed E-state index contributed by atoms with van der Waals surface area (Å²) in [4.78, 5) is 21.9. The molecule has 1 heterocycles. The molecule has 0 radical (unpaired) electrons. The van der Waals surface area contributed by atoms with Crippen LogP contribution >= 0.6 is 11.8 Å². The molecule has 0 aliphatic carbocycles. The highest BCUT2D eigenvalue weighted by molar-refractivity contribution is 7.99. The molecule has 1 aromatic heterocycles. The second-order valence-electron chi connectivity index (χ2n) is 3.56. The number of H-pyrrole nitrogens is 1. The molecule has 16 heavy (non-hydrogen) atoms. The number of Topliss-reactive ketones (excluding diaryl/α,β-unsaturated/α-hetero) is 1. The third-order valence-electron chi connectivity index (χ3n) is 2.19. The molecule has 0 amide bonds. The number of rotatable bonds is 7. The number of nitrogens with zero attached hydrogens (tertiary/aromatic N) is 2. The molecule has 1 rings (SSSR count). The van der Waals surface area contributed by atoms with E-state index in [2.05, 4.69) is 10.2 Å². The Bertz CT molecular complexity index is 397. The second-order valence-corrected chi connectivity index (χ2v) is 4.63. The smallest absolute Gasteiger partial charge is 0.300 e. The lowest BCUT2D eigenvalue weighted by atomic mass is 10.2. The summed E-state index contributed by atoms with van der Waals surface area (Å²) in [6, 6.07) is 0. The zero-order chi connectivity index (χ0) is 12.0. The molecule has 0 bridgehead atoms. The highest BCUT2D eigenvalue weighted by atomic mass is 32.2. The maximum atomic E-state index is 11.2. The monoisotopic (exact) mass is 243 g/mol. The van der Waals surface area contributed by atoms with E-state index in [-0.39, 0.29) is 11.5 Å². The van der Waals surface area contributed by atoms with Crippen molar-refractivity contribution in [1.29, 1.82) is 0 Å². The number of thioether (sulfide) groups is 1. The summed E-state index contributed by atoms with van der Waals surface area (Å²) >= 11 is 1.55. The van der Waals surface area contributed by atoms with Crippen LogP contribution in [-0.4, -0.2) is 26.3 Å². The van der Waals surface area contributed by atoms with Gasteiger partial charge in [-0.25, -0.2) is 9.89 Å². The zero-order valence-corrected chi connectivity index (χ0v) is 10.5. The van der Waals surface area contributed by atoms with Crippen molar-refractivity contribution in [3.8, 4) is 0 Å². The molecule has 90 valence electrons. The molecule has 0 saturated carbocycles. The molecule has 0 aliphatic heterocycles. The van der Waals surface area contributed by atoms with Crippen molar-refractivity contribution in [2.75, 3.05) is 5.75 Å². The van der Waals surface area contributed by atoms with Crippen molar-refractivity contribution >= 4 is 17.5 Å². The normalized spacial score (nSPS) is 10.6. The SMILES string of the molecule is CCn1c(SCCCCC(C)=O)n[nH]c1=O. The Balaban J connectivity index is 2.32. The average molecular weight is 243 g/mol. The van der Waals surface area contributed by atoms with E-state index >= 15 is 0 Å². The van der Waals surface area contributed by atoms with E-state index in [1.807, 2.05) is 6.92 Å².